The second kappa shape index (κ2) is 19.3. The molecule has 12 aromatic rings. The van der Waals surface area contributed by atoms with Gasteiger partial charge in [0.2, 0.25) is 0 Å². The summed E-state index contributed by atoms with van der Waals surface area (Å²) in [6.07, 6.45) is 0.851. The molecule has 1 aliphatic carbocycles. The molecule has 13 rings (SSSR count). The van der Waals surface area contributed by atoms with Crippen LogP contribution in [0, 0.1) is 0 Å². The van der Waals surface area contributed by atoms with E-state index in [-0.39, 0.29) is 0 Å². The highest BCUT2D eigenvalue weighted by Crippen LogP contribution is 2.54. The number of benzene rings is 12. The van der Waals surface area contributed by atoms with Crippen LogP contribution in [0.3, 0.4) is 0 Å². The zero-order valence-corrected chi connectivity index (χ0v) is 41.1. The summed E-state index contributed by atoms with van der Waals surface area (Å²) in [5, 5.41) is 0. The third-order valence-corrected chi connectivity index (χ3v) is 15.2. The minimum atomic E-state index is -0.747. The van der Waals surface area contributed by atoms with Gasteiger partial charge < -0.3 is 0 Å². The van der Waals surface area contributed by atoms with Gasteiger partial charge in [-0.3, -0.25) is 0 Å². The van der Waals surface area contributed by atoms with E-state index in [0.717, 1.165) is 6.42 Å². The standard InChI is InChI=1S/C74H52/c1-5-21-52(22-6-1)56-31-17-35-60(41-56)66-46-67(61-36-18-32-57(42-61)53-23-7-2-8-24-53)49-70(48-66)74(72-39-15-13-29-64(72)45-65-30-14-16-40-73(65)74)71-50-68(62-37-19-33-58(43-62)54-25-9-3-10-26-54)47-69(51-71)63-38-20-34-59(44-63)55-27-11-4-12-28-55/h1-44,46-51H,45H2. The average Bonchev–Trinajstić information content (AvgIpc) is 3.50. The van der Waals surface area contributed by atoms with Gasteiger partial charge in [-0.05, 0) is 189 Å². The zero-order valence-electron chi connectivity index (χ0n) is 41.1. The van der Waals surface area contributed by atoms with Crippen molar-refractivity contribution in [3.8, 4) is 89.0 Å². The maximum atomic E-state index is 2.51. The Hall–Kier alpha value is -9.36. The lowest BCUT2D eigenvalue weighted by molar-refractivity contribution is 0.704. The Kier molecular flexibility index (Phi) is 11.6. The lowest BCUT2D eigenvalue weighted by Crippen LogP contribution is -2.36. The summed E-state index contributed by atoms with van der Waals surface area (Å²) < 4.78 is 0. The van der Waals surface area contributed by atoms with Crippen molar-refractivity contribution in [3.05, 3.63) is 337 Å². The monoisotopic (exact) mass is 940 g/mol. The Labute approximate surface area is 435 Å². The van der Waals surface area contributed by atoms with Gasteiger partial charge in [0.05, 0.1) is 5.41 Å². The molecule has 348 valence electrons. The molecule has 12 aromatic carbocycles. The van der Waals surface area contributed by atoms with Crippen LogP contribution >= 0.6 is 0 Å². The summed E-state index contributed by atoms with van der Waals surface area (Å²) in [6.45, 7) is 0. The fraction of sp³-hybridized carbons (Fsp3) is 0.0270. The van der Waals surface area contributed by atoms with Crippen LogP contribution in [0.15, 0.2) is 303 Å². The Bertz CT molecular complexity index is 3500. The molecule has 0 nitrogen and oxygen atoms in total. The summed E-state index contributed by atoms with van der Waals surface area (Å²) in [6, 6.07) is 113. The van der Waals surface area contributed by atoms with Gasteiger partial charge in [-0.25, -0.2) is 0 Å². The van der Waals surface area contributed by atoms with Crippen molar-refractivity contribution in [2.75, 3.05) is 0 Å². The van der Waals surface area contributed by atoms with Gasteiger partial charge in [0.15, 0.2) is 0 Å². The minimum Gasteiger partial charge on any atom is -0.0622 e. The fourth-order valence-electron chi connectivity index (χ4n) is 11.6. The molecule has 0 spiro atoms. The van der Waals surface area contributed by atoms with Crippen LogP contribution in [-0.4, -0.2) is 0 Å². The minimum absolute atomic E-state index is 0.747. The van der Waals surface area contributed by atoms with E-state index in [1.807, 2.05) is 0 Å². The van der Waals surface area contributed by atoms with Crippen molar-refractivity contribution in [3.63, 3.8) is 0 Å². The predicted molar refractivity (Wildman–Crippen MR) is 311 cm³/mol. The van der Waals surface area contributed by atoms with E-state index < -0.39 is 5.41 Å². The van der Waals surface area contributed by atoms with Gasteiger partial charge in [0, 0.05) is 0 Å². The third-order valence-electron chi connectivity index (χ3n) is 15.2. The van der Waals surface area contributed by atoms with Crippen molar-refractivity contribution >= 4 is 0 Å². The first kappa shape index (κ1) is 44.6. The second-order valence-electron chi connectivity index (χ2n) is 19.6. The van der Waals surface area contributed by atoms with Gasteiger partial charge in [-0.2, -0.15) is 0 Å². The van der Waals surface area contributed by atoms with Crippen molar-refractivity contribution in [1.82, 2.24) is 0 Å². The van der Waals surface area contributed by atoms with E-state index in [1.54, 1.807) is 0 Å². The second-order valence-corrected chi connectivity index (χ2v) is 19.6. The van der Waals surface area contributed by atoms with E-state index in [9.17, 15) is 0 Å². The third kappa shape index (κ3) is 8.37. The molecule has 0 aromatic heterocycles. The molecular formula is C74H52. The highest BCUT2D eigenvalue weighted by molar-refractivity contribution is 5.85. The summed E-state index contributed by atoms with van der Waals surface area (Å²) >= 11 is 0. The van der Waals surface area contributed by atoms with Crippen LogP contribution in [-0.2, 0) is 11.8 Å². The first-order valence-corrected chi connectivity index (χ1v) is 25.8. The number of fused-ring (bicyclic) bond motifs is 2. The molecule has 74 heavy (non-hydrogen) atoms. The molecule has 0 fully saturated rings. The van der Waals surface area contributed by atoms with Gasteiger partial charge in [0.1, 0.15) is 0 Å². The largest absolute Gasteiger partial charge is 0.0707 e. The van der Waals surface area contributed by atoms with E-state index in [4.69, 9.17) is 0 Å². The molecule has 0 bridgehead atoms. The molecule has 0 heterocycles. The van der Waals surface area contributed by atoms with Crippen molar-refractivity contribution in [2.24, 2.45) is 0 Å². The van der Waals surface area contributed by atoms with E-state index >= 15 is 0 Å². The Morgan fingerprint density at radius 1 is 0.176 bits per heavy atom. The molecule has 0 heteroatoms. The molecule has 0 radical (unpaired) electrons. The van der Waals surface area contributed by atoms with Crippen molar-refractivity contribution in [1.29, 1.82) is 0 Å². The Balaban J connectivity index is 1.13. The normalized spacial score (nSPS) is 12.4. The van der Waals surface area contributed by atoms with Crippen LogP contribution < -0.4 is 0 Å². The van der Waals surface area contributed by atoms with Gasteiger partial charge in [0.25, 0.3) is 0 Å². The number of hydrogen-bond donors (Lipinski definition) is 0. The molecule has 0 amide bonds. The number of rotatable bonds is 10. The SMILES string of the molecule is c1ccc(-c2cccc(-c3cc(-c4cccc(-c5ccccc5)c4)cc(C4(c5cc(-c6cccc(-c7ccccc7)c6)cc(-c6cccc(-c7ccccc7)c6)c5)c5ccccc5Cc5ccccc54)c3)c2)cc1. The summed E-state index contributed by atoms with van der Waals surface area (Å²) in [5.41, 5.74) is 25.9. The first-order chi connectivity index (χ1) is 36.6. The molecule has 0 saturated heterocycles. The summed E-state index contributed by atoms with van der Waals surface area (Å²) in [5.74, 6) is 0. The lowest BCUT2D eigenvalue weighted by atomic mass is 9.59. The molecule has 0 atom stereocenters. The summed E-state index contributed by atoms with van der Waals surface area (Å²) in [7, 11) is 0. The Morgan fingerprint density at radius 2 is 0.392 bits per heavy atom. The zero-order chi connectivity index (χ0) is 49.3. The van der Waals surface area contributed by atoms with Crippen LogP contribution in [0.4, 0.5) is 0 Å². The topological polar surface area (TPSA) is 0 Å². The van der Waals surface area contributed by atoms with Gasteiger partial charge >= 0.3 is 0 Å². The average molecular weight is 941 g/mol. The molecule has 1 aliphatic rings. The van der Waals surface area contributed by atoms with Crippen molar-refractivity contribution < 1.29 is 0 Å². The lowest BCUT2D eigenvalue weighted by Gasteiger charge is -2.43. The van der Waals surface area contributed by atoms with E-state index in [2.05, 4.69) is 303 Å². The maximum Gasteiger partial charge on any atom is 0.0707 e. The molecule has 0 saturated carbocycles. The highest BCUT2D eigenvalue weighted by Gasteiger charge is 2.44. The molecule has 0 unspecified atom stereocenters. The highest BCUT2D eigenvalue weighted by atomic mass is 14.5. The molecule has 0 aliphatic heterocycles. The van der Waals surface area contributed by atoms with Crippen LogP contribution in [0.1, 0.15) is 33.4 Å². The van der Waals surface area contributed by atoms with Gasteiger partial charge in [-0.15, -0.1) is 0 Å². The van der Waals surface area contributed by atoms with Crippen LogP contribution in [0.2, 0.25) is 0 Å². The maximum absolute atomic E-state index is 2.51. The summed E-state index contributed by atoms with van der Waals surface area (Å²) in [4.78, 5) is 0. The quantitative estimate of drug-likeness (QED) is 0.128. The van der Waals surface area contributed by atoms with Crippen molar-refractivity contribution in [2.45, 2.75) is 11.8 Å². The van der Waals surface area contributed by atoms with Crippen LogP contribution in [0.25, 0.3) is 89.0 Å². The fourth-order valence-corrected chi connectivity index (χ4v) is 11.6. The Morgan fingerprint density at radius 3 is 0.676 bits per heavy atom. The molecular weight excluding hydrogens is 889 g/mol. The smallest absolute Gasteiger partial charge is 0.0622 e. The number of hydrogen-bond acceptors (Lipinski definition) is 0. The first-order valence-electron chi connectivity index (χ1n) is 25.8. The van der Waals surface area contributed by atoms with Gasteiger partial charge in [-0.1, -0.05) is 243 Å². The van der Waals surface area contributed by atoms with Crippen LogP contribution in [0.5, 0.6) is 0 Å². The molecule has 0 N–H and O–H groups in total. The van der Waals surface area contributed by atoms with E-state index in [0.29, 0.717) is 0 Å². The predicted octanol–water partition coefficient (Wildman–Crippen LogP) is 19.3. The van der Waals surface area contributed by atoms with E-state index in [1.165, 1.54) is 122 Å².